The summed E-state index contributed by atoms with van der Waals surface area (Å²) < 4.78 is 4.74. The summed E-state index contributed by atoms with van der Waals surface area (Å²) in [5.74, 6) is -0.216. The summed E-state index contributed by atoms with van der Waals surface area (Å²) >= 11 is 3.31. The molecule has 20 heavy (non-hydrogen) atoms. The number of hydrogen-bond donors (Lipinski definition) is 0. The number of rotatable bonds is 6. The van der Waals surface area contributed by atoms with Gasteiger partial charge in [-0.3, -0.25) is 9.69 Å². The average molecular weight is 310 g/mol. The second-order valence-corrected chi connectivity index (χ2v) is 6.37. The van der Waals surface area contributed by atoms with Crippen LogP contribution in [0, 0.1) is 0 Å². The number of ether oxygens (including phenoxy) is 1. The van der Waals surface area contributed by atoms with Crippen molar-refractivity contribution in [2.24, 2.45) is 0 Å². The molecule has 108 valence electrons. The molecular formula is C14H18N2O2S2. The molecule has 0 aliphatic heterocycles. The molecule has 0 radical (unpaired) electrons. The SMILES string of the molecule is COC(=O)CN(Cc1csc(-c2ccsc2)n1)C(C)C. The highest BCUT2D eigenvalue weighted by Gasteiger charge is 2.16. The van der Waals surface area contributed by atoms with Crippen LogP contribution in [-0.4, -0.2) is 35.5 Å². The van der Waals surface area contributed by atoms with Crippen molar-refractivity contribution in [3.05, 3.63) is 27.9 Å². The van der Waals surface area contributed by atoms with Crippen molar-refractivity contribution < 1.29 is 9.53 Å². The van der Waals surface area contributed by atoms with Gasteiger partial charge in [0, 0.05) is 28.9 Å². The van der Waals surface area contributed by atoms with Crippen LogP contribution in [0.3, 0.4) is 0 Å². The highest BCUT2D eigenvalue weighted by Crippen LogP contribution is 2.26. The average Bonchev–Trinajstić information content (AvgIpc) is 3.08. The van der Waals surface area contributed by atoms with Gasteiger partial charge >= 0.3 is 5.97 Å². The van der Waals surface area contributed by atoms with Crippen molar-refractivity contribution in [2.75, 3.05) is 13.7 Å². The fraction of sp³-hybridized carbons (Fsp3) is 0.429. The molecule has 0 aliphatic rings. The van der Waals surface area contributed by atoms with Gasteiger partial charge in [0.15, 0.2) is 0 Å². The third kappa shape index (κ3) is 3.88. The predicted octanol–water partition coefficient (Wildman–Crippen LogP) is 3.26. The molecule has 0 aromatic carbocycles. The van der Waals surface area contributed by atoms with Gasteiger partial charge in [0.2, 0.25) is 0 Å². The van der Waals surface area contributed by atoms with Gasteiger partial charge in [-0.1, -0.05) is 0 Å². The molecule has 0 saturated heterocycles. The molecule has 0 amide bonds. The highest BCUT2D eigenvalue weighted by atomic mass is 32.1. The Balaban J connectivity index is 2.05. The Morgan fingerprint density at radius 3 is 2.85 bits per heavy atom. The zero-order valence-electron chi connectivity index (χ0n) is 11.8. The largest absolute Gasteiger partial charge is 0.468 e. The summed E-state index contributed by atoms with van der Waals surface area (Å²) in [5.41, 5.74) is 2.16. The number of carbonyl (C=O) groups excluding carboxylic acids is 1. The molecular weight excluding hydrogens is 292 g/mol. The van der Waals surface area contributed by atoms with E-state index in [9.17, 15) is 4.79 Å². The fourth-order valence-corrected chi connectivity index (χ4v) is 3.28. The van der Waals surface area contributed by atoms with Crippen molar-refractivity contribution in [2.45, 2.75) is 26.4 Å². The molecule has 0 bridgehead atoms. The summed E-state index contributed by atoms with van der Waals surface area (Å²) in [4.78, 5) is 18.1. The fourth-order valence-electron chi connectivity index (χ4n) is 1.76. The Kier molecular flexibility index (Phi) is 5.28. The Morgan fingerprint density at radius 1 is 1.45 bits per heavy atom. The maximum absolute atomic E-state index is 11.4. The first kappa shape index (κ1) is 15.2. The van der Waals surface area contributed by atoms with E-state index in [1.807, 2.05) is 5.38 Å². The molecule has 0 fully saturated rings. The van der Waals surface area contributed by atoms with Crippen molar-refractivity contribution >= 4 is 28.6 Å². The highest BCUT2D eigenvalue weighted by molar-refractivity contribution is 7.14. The number of aromatic nitrogens is 1. The minimum absolute atomic E-state index is 0.216. The second-order valence-electron chi connectivity index (χ2n) is 4.73. The van der Waals surface area contributed by atoms with Crippen LogP contribution < -0.4 is 0 Å². The molecule has 6 heteroatoms. The number of esters is 1. The quantitative estimate of drug-likeness (QED) is 0.768. The summed E-state index contributed by atoms with van der Waals surface area (Å²) in [6.07, 6.45) is 0. The zero-order chi connectivity index (χ0) is 14.5. The maximum atomic E-state index is 11.4. The molecule has 2 rings (SSSR count). The van der Waals surface area contributed by atoms with Crippen LogP contribution in [0.15, 0.2) is 22.2 Å². The van der Waals surface area contributed by atoms with E-state index in [2.05, 4.69) is 40.6 Å². The number of methoxy groups -OCH3 is 1. The van der Waals surface area contributed by atoms with Crippen LogP contribution in [0.4, 0.5) is 0 Å². The molecule has 0 atom stereocenters. The Morgan fingerprint density at radius 2 is 2.25 bits per heavy atom. The van der Waals surface area contributed by atoms with Crippen LogP contribution in [-0.2, 0) is 16.1 Å². The third-order valence-electron chi connectivity index (χ3n) is 2.98. The van der Waals surface area contributed by atoms with Crippen LogP contribution >= 0.6 is 22.7 Å². The van der Waals surface area contributed by atoms with E-state index >= 15 is 0 Å². The van der Waals surface area contributed by atoms with Crippen LogP contribution in [0.1, 0.15) is 19.5 Å². The molecule has 0 unspecified atom stereocenters. The topological polar surface area (TPSA) is 42.4 Å². The van der Waals surface area contributed by atoms with Gasteiger partial charge < -0.3 is 4.74 Å². The molecule has 2 aromatic heterocycles. The lowest BCUT2D eigenvalue weighted by atomic mass is 10.3. The lowest BCUT2D eigenvalue weighted by Gasteiger charge is -2.24. The summed E-state index contributed by atoms with van der Waals surface area (Å²) in [7, 11) is 1.42. The number of thiazole rings is 1. The summed E-state index contributed by atoms with van der Waals surface area (Å²) in [6.45, 7) is 5.08. The van der Waals surface area contributed by atoms with Gasteiger partial charge in [-0.2, -0.15) is 11.3 Å². The number of thiophene rings is 1. The van der Waals surface area contributed by atoms with Crippen LogP contribution in [0.2, 0.25) is 0 Å². The summed E-state index contributed by atoms with van der Waals surface area (Å²) in [5, 5.41) is 7.23. The first-order valence-electron chi connectivity index (χ1n) is 6.38. The zero-order valence-corrected chi connectivity index (χ0v) is 13.5. The number of carbonyl (C=O) groups is 1. The van der Waals surface area contributed by atoms with Crippen molar-refractivity contribution in [1.29, 1.82) is 0 Å². The van der Waals surface area contributed by atoms with E-state index < -0.39 is 0 Å². The van der Waals surface area contributed by atoms with Gasteiger partial charge in [0.05, 0.1) is 19.3 Å². The number of nitrogens with zero attached hydrogens (tertiary/aromatic N) is 2. The molecule has 2 heterocycles. The molecule has 2 aromatic rings. The predicted molar refractivity (Wildman–Crippen MR) is 83.0 cm³/mol. The van der Waals surface area contributed by atoms with Crippen LogP contribution in [0.5, 0.6) is 0 Å². The Labute approximate surface area is 127 Å². The molecule has 0 N–H and O–H groups in total. The smallest absolute Gasteiger partial charge is 0.319 e. The summed E-state index contributed by atoms with van der Waals surface area (Å²) in [6, 6.07) is 2.34. The van der Waals surface area contributed by atoms with E-state index in [0.29, 0.717) is 13.1 Å². The first-order valence-corrected chi connectivity index (χ1v) is 8.20. The van der Waals surface area contributed by atoms with Gasteiger partial charge in [-0.25, -0.2) is 4.98 Å². The van der Waals surface area contributed by atoms with Gasteiger partial charge in [-0.15, -0.1) is 11.3 Å². The van der Waals surface area contributed by atoms with Gasteiger partial charge in [0.1, 0.15) is 5.01 Å². The van der Waals surface area contributed by atoms with E-state index in [4.69, 9.17) is 4.74 Å². The second kappa shape index (κ2) is 6.97. The minimum atomic E-state index is -0.216. The van der Waals surface area contributed by atoms with E-state index in [-0.39, 0.29) is 12.0 Å². The van der Waals surface area contributed by atoms with Crippen LogP contribution in [0.25, 0.3) is 10.6 Å². The van der Waals surface area contributed by atoms with Crippen molar-refractivity contribution in [3.8, 4) is 10.6 Å². The molecule has 0 aliphatic carbocycles. The number of hydrogen-bond acceptors (Lipinski definition) is 6. The third-order valence-corrected chi connectivity index (χ3v) is 4.60. The molecule has 0 saturated carbocycles. The van der Waals surface area contributed by atoms with Crippen molar-refractivity contribution in [3.63, 3.8) is 0 Å². The lowest BCUT2D eigenvalue weighted by molar-refractivity contribution is -0.142. The maximum Gasteiger partial charge on any atom is 0.319 e. The Bertz CT molecular complexity index is 549. The first-order chi connectivity index (χ1) is 9.60. The Hall–Kier alpha value is -1.24. The monoisotopic (exact) mass is 310 g/mol. The van der Waals surface area contributed by atoms with Gasteiger partial charge in [0.25, 0.3) is 0 Å². The van der Waals surface area contributed by atoms with Crippen molar-refractivity contribution in [1.82, 2.24) is 9.88 Å². The van der Waals surface area contributed by atoms with Gasteiger partial charge in [-0.05, 0) is 25.3 Å². The van der Waals surface area contributed by atoms with E-state index in [1.165, 1.54) is 7.11 Å². The molecule has 4 nitrogen and oxygen atoms in total. The minimum Gasteiger partial charge on any atom is -0.468 e. The lowest BCUT2D eigenvalue weighted by Crippen LogP contribution is -2.35. The standard InChI is InChI=1S/C14H18N2O2S2/c1-10(2)16(7-13(17)18-3)6-12-9-20-14(15-12)11-4-5-19-8-11/h4-5,8-10H,6-7H2,1-3H3. The normalized spacial score (nSPS) is 11.2. The molecule has 0 spiro atoms. The van der Waals surface area contributed by atoms with E-state index in [1.54, 1.807) is 22.7 Å². The van der Waals surface area contributed by atoms with E-state index in [0.717, 1.165) is 16.3 Å².